The van der Waals surface area contributed by atoms with Crippen LogP contribution in [0.5, 0.6) is 0 Å². The Kier molecular flexibility index (Phi) is 5.36. The van der Waals surface area contributed by atoms with Gasteiger partial charge in [-0.3, -0.25) is 4.31 Å². The SMILES string of the molecule is CCOC(=O)NS(=O)(=O)N(C)c1cccc(/C(N)=N/O)c1. The lowest BCUT2D eigenvalue weighted by Gasteiger charge is -2.19. The van der Waals surface area contributed by atoms with Crippen molar-refractivity contribution in [2.24, 2.45) is 10.9 Å². The van der Waals surface area contributed by atoms with Crippen molar-refractivity contribution in [3.05, 3.63) is 29.8 Å². The molecule has 0 saturated heterocycles. The standard InChI is InChI=1S/C11H16N4O5S/c1-3-20-11(16)14-21(18,19)15(2)9-6-4-5-8(7-9)10(12)13-17/h4-7,17H,3H2,1-2H3,(H2,12,13)(H,14,16). The van der Waals surface area contributed by atoms with Gasteiger partial charge in [-0.15, -0.1) is 0 Å². The van der Waals surface area contributed by atoms with E-state index in [1.807, 2.05) is 0 Å². The first-order valence-electron chi connectivity index (χ1n) is 5.83. The minimum Gasteiger partial charge on any atom is -0.449 e. The molecule has 9 nitrogen and oxygen atoms in total. The smallest absolute Gasteiger partial charge is 0.422 e. The summed E-state index contributed by atoms with van der Waals surface area (Å²) in [4.78, 5) is 11.2. The Balaban J connectivity index is 3.02. The maximum Gasteiger partial charge on any atom is 0.422 e. The van der Waals surface area contributed by atoms with Crippen LogP contribution < -0.4 is 14.8 Å². The van der Waals surface area contributed by atoms with Gasteiger partial charge in [0.15, 0.2) is 5.84 Å². The van der Waals surface area contributed by atoms with Gasteiger partial charge in [-0.25, -0.2) is 9.52 Å². The van der Waals surface area contributed by atoms with Crippen LogP contribution in [0.1, 0.15) is 12.5 Å². The Hall–Kier alpha value is -2.49. The summed E-state index contributed by atoms with van der Waals surface area (Å²) in [6, 6.07) is 5.94. The first-order chi connectivity index (χ1) is 9.81. The number of carbonyl (C=O) groups excluding carboxylic acids is 1. The van der Waals surface area contributed by atoms with Gasteiger partial charge in [0.1, 0.15) is 0 Å². The number of carbonyl (C=O) groups is 1. The zero-order chi connectivity index (χ0) is 16.0. The van der Waals surface area contributed by atoms with Crippen LogP contribution in [-0.4, -0.2) is 39.2 Å². The Bertz CT molecular complexity index is 644. The van der Waals surface area contributed by atoms with E-state index in [4.69, 9.17) is 10.9 Å². The molecule has 1 aromatic carbocycles. The van der Waals surface area contributed by atoms with Crippen LogP contribution in [0.15, 0.2) is 29.4 Å². The largest absolute Gasteiger partial charge is 0.449 e. The number of amides is 1. The molecule has 0 aromatic heterocycles. The number of ether oxygens (including phenoxy) is 1. The van der Waals surface area contributed by atoms with E-state index in [2.05, 4.69) is 9.89 Å². The molecule has 1 rings (SSSR count). The van der Waals surface area contributed by atoms with Gasteiger partial charge >= 0.3 is 16.3 Å². The monoisotopic (exact) mass is 316 g/mol. The molecule has 0 fully saturated rings. The van der Waals surface area contributed by atoms with E-state index >= 15 is 0 Å². The number of oxime groups is 1. The predicted octanol–water partition coefficient (Wildman–Crippen LogP) is 0.208. The molecule has 0 heterocycles. The lowest BCUT2D eigenvalue weighted by Crippen LogP contribution is -2.41. The minimum absolute atomic E-state index is 0.0457. The molecule has 0 aliphatic carbocycles. The van der Waals surface area contributed by atoms with Crippen molar-refractivity contribution in [3.8, 4) is 0 Å². The fourth-order valence-corrected chi connectivity index (χ4v) is 2.19. The lowest BCUT2D eigenvalue weighted by molar-refractivity contribution is 0.158. The highest BCUT2D eigenvalue weighted by Crippen LogP contribution is 2.17. The molecule has 21 heavy (non-hydrogen) atoms. The van der Waals surface area contributed by atoms with Gasteiger partial charge < -0.3 is 15.7 Å². The van der Waals surface area contributed by atoms with Gasteiger partial charge in [-0.1, -0.05) is 17.3 Å². The Morgan fingerprint density at radius 2 is 2.19 bits per heavy atom. The number of nitrogens with one attached hydrogen (secondary N) is 1. The van der Waals surface area contributed by atoms with E-state index in [0.29, 0.717) is 5.56 Å². The molecule has 0 unspecified atom stereocenters. The number of hydrogen-bond donors (Lipinski definition) is 3. The van der Waals surface area contributed by atoms with Crippen LogP contribution in [0.25, 0.3) is 0 Å². The molecule has 0 spiro atoms. The maximum atomic E-state index is 12.0. The number of rotatable bonds is 5. The third kappa shape index (κ3) is 4.24. The van der Waals surface area contributed by atoms with Crippen LogP contribution >= 0.6 is 0 Å². The summed E-state index contributed by atoms with van der Waals surface area (Å²) in [6.07, 6.45) is -1.07. The average Bonchev–Trinajstić information content (AvgIpc) is 2.45. The second-order valence-electron chi connectivity index (χ2n) is 3.83. The van der Waals surface area contributed by atoms with Crippen LogP contribution in [0.3, 0.4) is 0 Å². The van der Waals surface area contributed by atoms with Crippen LogP contribution in [-0.2, 0) is 14.9 Å². The first kappa shape index (κ1) is 16.6. The van der Waals surface area contributed by atoms with Gasteiger partial charge in [0, 0.05) is 12.6 Å². The molecule has 1 amide bonds. The second kappa shape index (κ2) is 6.79. The summed E-state index contributed by atoms with van der Waals surface area (Å²) < 4.78 is 31.0. The summed E-state index contributed by atoms with van der Waals surface area (Å²) in [5, 5.41) is 11.4. The third-order valence-corrected chi connectivity index (χ3v) is 3.82. The average molecular weight is 316 g/mol. The molecular formula is C11H16N4O5S. The molecule has 0 radical (unpaired) electrons. The zero-order valence-electron chi connectivity index (χ0n) is 11.5. The van der Waals surface area contributed by atoms with Gasteiger partial charge in [-0.2, -0.15) is 8.42 Å². The number of benzene rings is 1. The van der Waals surface area contributed by atoms with E-state index in [1.165, 1.54) is 31.3 Å². The summed E-state index contributed by atoms with van der Waals surface area (Å²) in [7, 11) is -2.88. The number of nitrogens with two attached hydrogens (primary N) is 1. The van der Waals surface area contributed by atoms with E-state index < -0.39 is 16.3 Å². The van der Waals surface area contributed by atoms with Crippen molar-refractivity contribution in [3.63, 3.8) is 0 Å². The van der Waals surface area contributed by atoms with Crippen LogP contribution in [0, 0.1) is 0 Å². The topological polar surface area (TPSA) is 134 Å². The molecular weight excluding hydrogens is 300 g/mol. The molecule has 10 heteroatoms. The third-order valence-electron chi connectivity index (χ3n) is 2.46. The molecule has 0 saturated carbocycles. The Morgan fingerprint density at radius 3 is 2.76 bits per heavy atom. The van der Waals surface area contributed by atoms with Crippen LogP contribution in [0.4, 0.5) is 10.5 Å². The van der Waals surface area contributed by atoms with Crippen molar-refractivity contribution >= 4 is 27.8 Å². The number of hydrogen-bond acceptors (Lipinski definition) is 6. The van der Waals surface area contributed by atoms with Crippen molar-refractivity contribution in [1.29, 1.82) is 0 Å². The minimum atomic E-state index is -4.12. The molecule has 116 valence electrons. The summed E-state index contributed by atoms with van der Waals surface area (Å²) >= 11 is 0. The van der Waals surface area contributed by atoms with Crippen molar-refractivity contribution in [1.82, 2.24) is 4.72 Å². The van der Waals surface area contributed by atoms with Crippen LogP contribution in [0.2, 0.25) is 0 Å². The summed E-state index contributed by atoms with van der Waals surface area (Å²) in [6.45, 7) is 1.60. The van der Waals surface area contributed by atoms with E-state index in [-0.39, 0.29) is 18.1 Å². The zero-order valence-corrected chi connectivity index (χ0v) is 12.3. The molecule has 0 aliphatic rings. The van der Waals surface area contributed by atoms with Crippen molar-refractivity contribution < 1.29 is 23.2 Å². The quantitative estimate of drug-likeness (QED) is 0.307. The lowest BCUT2D eigenvalue weighted by atomic mass is 10.2. The van der Waals surface area contributed by atoms with E-state index in [1.54, 1.807) is 11.6 Å². The second-order valence-corrected chi connectivity index (χ2v) is 5.53. The first-order valence-corrected chi connectivity index (χ1v) is 7.27. The Labute approximate surface area is 122 Å². The fourth-order valence-electron chi connectivity index (χ4n) is 1.39. The molecule has 0 bridgehead atoms. The molecule has 1 aromatic rings. The molecule has 0 atom stereocenters. The number of amidine groups is 1. The van der Waals surface area contributed by atoms with Gasteiger partial charge in [0.2, 0.25) is 0 Å². The number of nitrogens with zero attached hydrogens (tertiary/aromatic N) is 2. The normalized spacial score (nSPS) is 11.8. The predicted molar refractivity (Wildman–Crippen MR) is 76.4 cm³/mol. The summed E-state index contributed by atoms with van der Waals surface area (Å²) in [5.41, 5.74) is 5.98. The van der Waals surface area contributed by atoms with E-state index in [0.717, 1.165) is 4.31 Å². The van der Waals surface area contributed by atoms with Crippen molar-refractivity contribution in [2.45, 2.75) is 6.92 Å². The maximum absolute atomic E-state index is 12.0. The molecule has 0 aliphatic heterocycles. The summed E-state index contributed by atoms with van der Waals surface area (Å²) in [5.74, 6) is -0.166. The highest BCUT2D eigenvalue weighted by molar-refractivity contribution is 7.91. The van der Waals surface area contributed by atoms with E-state index in [9.17, 15) is 13.2 Å². The Morgan fingerprint density at radius 1 is 1.52 bits per heavy atom. The van der Waals surface area contributed by atoms with Gasteiger partial charge in [0.25, 0.3) is 0 Å². The fraction of sp³-hybridized carbons (Fsp3) is 0.273. The number of anilines is 1. The highest BCUT2D eigenvalue weighted by Gasteiger charge is 2.22. The van der Waals surface area contributed by atoms with Gasteiger partial charge in [0.05, 0.1) is 12.3 Å². The highest BCUT2D eigenvalue weighted by atomic mass is 32.2. The van der Waals surface area contributed by atoms with Gasteiger partial charge in [-0.05, 0) is 19.1 Å². The molecule has 4 N–H and O–H groups in total. The van der Waals surface area contributed by atoms with Crippen molar-refractivity contribution in [2.75, 3.05) is 18.0 Å².